The van der Waals surface area contributed by atoms with Crippen LogP contribution in [0.1, 0.15) is 35.3 Å². The molecule has 1 saturated heterocycles. The second-order valence-electron chi connectivity index (χ2n) is 9.06. The van der Waals surface area contributed by atoms with E-state index in [0.29, 0.717) is 46.4 Å². The number of rotatable bonds is 6. The second-order valence-corrected chi connectivity index (χ2v) is 9.42. The molecule has 0 aromatic heterocycles. The molecule has 3 aromatic carbocycles. The van der Waals surface area contributed by atoms with E-state index >= 15 is 0 Å². The molecule has 1 fully saturated rings. The molecule has 2 heterocycles. The van der Waals surface area contributed by atoms with Gasteiger partial charge in [0.2, 0.25) is 5.75 Å². The lowest BCUT2D eigenvalue weighted by atomic mass is 9.88. The first-order chi connectivity index (χ1) is 18.3. The minimum Gasteiger partial charge on any atom is -0.493 e. The second kappa shape index (κ2) is 9.68. The van der Waals surface area contributed by atoms with Crippen LogP contribution in [0.5, 0.6) is 28.7 Å². The van der Waals surface area contributed by atoms with Crippen LogP contribution in [0.25, 0.3) is 0 Å². The van der Waals surface area contributed by atoms with Gasteiger partial charge in [-0.25, -0.2) is 4.39 Å². The number of fused-ring (bicyclic) bond motifs is 4. The van der Waals surface area contributed by atoms with Crippen LogP contribution in [-0.4, -0.2) is 50.1 Å². The van der Waals surface area contributed by atoms with Gasteiger partial charge in [0.15, 0.2) is 33.8 Å². The SMILES string of the molecule is COc1cc(C(=O)N2C(=S)N(c3ccc(F)cc3)[C@@]3(C)C[C@@H]2c2cccc(OC)c2O3)cc(OC)c1OC. The van der Waals surface area contributed by atoms with Gasteiger partial charge in [0.1, 0.15) is 5.82 Å². The van der Waals surface area contributed by atoms with Gasteiger partial charge in [-0.15, -0.1) is 0 Å². The maximum atomic E-state index is 14.3. The summed E-state index contributed by atoms with van der Waals surface area (Å²) >= 11 is 5.97. The number of carbonyl (C=O) groups excluding carboxylic acids is 1. The summed E-state index contributed by atoms with van der Waals surface area (Å²) in [6.45, 7) is 1.90. The Hall–Kier alpha value is -4.05. The van der Waals surface area contributed by atoms with E-state index in [4.69, 9.17) is 35.9 Å². The van der Waals surface area contributed by atoms with Crippen LogP contribution < -0.4 is 28.6 Å². The summed E-state index contributed by atoms with van der Waals surface area (Å²) in [4.78, 5) is 17.6. The summed E-state index contributed by atoms with van der Waals surface area (Å²) in [5.74, 6) is 1.34. The van der Waals surface area contributed by atoms with Crippen LogP contribution in [0, 0.1) is 5.82 Å². The van der Waals surface area contributed by atoms with E-state index in [0.717, 1.165) is 5.56 Å². The van der Waals surface area contributed by atoms with E-state index in [1.54, 1.807) is 47.2 Å². The predicted octanol–water partition coefficient (Wildman–Crippen LogP) is 5.35. The molecular weight excluding hydrogens is 511 g/mol. The maximum absolute atomic E-state index is 14.3. The lowest BCUT2D eigenvalue weighted by molar-refractivity contribution is 0.0162. The van der Waals surface area contributed by atoms with E-state index in [2.05, 4.69) is 0 Å². The lowest BCUT2D eigenvalue weighted by Gasteiger charge is -2.55. The van der Waals surface area contributed by atoms with Crippen molar-refractivity contribution in [2.45, 2.75) is 25.1 Å². The summed E-state index contributed by atoms with van der Waals surface area (Å²) < 4.78 is 42.3. The third-order valence-corrected chi connectivity index (χ3v) is 7.26. The van der Waals surface area contributed by atoms with Crippen LogP contribution in [0.15, 0.2) is 54.6 Å². The molecular formula is C28H27FN2O6S. The number of thiocarbonyl (C=S) groups is 1. The Morgan fingerprint density at radius 3 is 2.18 bits per heavy atom. The highest BCUT2D eigenvalue weighted by Crippen LogP contribution is 2.53. The van der Waals surface area contributed by atoms with Gasteiger partial charge in [-0.2, -0.15) is 0 Å². The summed E-state index contributed by atoms with van der Waals surface area (Å²) in [6.07, 6.45) is 0.390. The molecule has 198 valence electrons. The van der Waals surface area contributed by atoms with Crippen LogP contribution in [-0.2, 0) is 0 Å². The van der Waals surface area contributed by atoms with E-state index in [1.165, 1.54) is 33.5 Å². The highest BCUT2D eigenvalue weighted by molar-refractivity contribution is 7.80. The molecule has 3 aromatic rings. The fourth-order valence-corrected chi connectivity index (χ4v) is 5.66. The fraction of sp³-hybridized carbons (Fsp3) is 0.286. The number of halogens is 1. The molecule has 1 amide bonds. The first-order valence-electron chi connectivity index (χ1n) is 11.9. The number of hydrogen-bond donors (Lipinski definition) is 0. The molecule has 0 unspecified atom stereocenters. The normalized spacial score (nSPS) is 19.8. The van der Waals surface area contributed by atoms with E-state index < -0.39 is 11.8 Å². The van der Waals surface area contributed by atoms with Crippen LogP contribution in [0.3, 0.4) is 0 Å². The van der Waals surface area contributed by atoms with Gasteiger partial charge >= 0.3 is 0 Å². The number of benzene rings is 3. The topological polar surface area (TPSA) is 69.7 Å². The standard InChI is InChI=1S/C28H27FN2O6S/c1-28-15-20(19-7-6-8-21(33-2)24(19)37-28)30(27(38)31(28)18-11-9-17(29)10-12-18)26(32)16-13-22(34-3)25(36-5)23(14-16)35-4/h6-14,20H,15H2,1-5H3/t20-,28-/m1/s1. The Labute approximate surface area is 225 Å². The predicted molar refractivity (Wildman–Crippen MR) is 143 cm³/mol. The van der Waals surface area contributed by atoms with Gasteiger partial charge in [0, 0.05) is 23.2 Å². The molecule has 0 radical (unpaired) electrons. The van der Waals surface area contributed by atoms with Crippen molar-refractivity contribution in [1.82, 2.24) is 4.90 Å². The Kier molecular flexibility index (Phi) is 6.52. The van der Waals surface area contributed by atoms with Crippen molar-refractivity contribution in [3.8, 4) is 28.7 Å². The highest BCUT2D eigenvalue weighted by Gasteiger charge is 2.54. The molecule has 0 saturated carbocycles. The minimum absolute atomic E-state index is 0.211. The molecule has 8 nitrogen and oxygen atoms in total. The van der Waals surface area contributed by atoms with E-state index in [9.17, 15) is 9.18 Å². The van der Waals surface area contributed by atoms with Crippen LogP contribution >= 0.6 is 12.2 Å². The number of amides is 1. The number of para-hydroxylation sites is 1. The molecule has 38 heavy (non-hydrogen) atoms. The van der Waals surface area contributed by atoms with Gasteiger partial charge in [0.25, 0.3) is 5.91 Å². The summed E-state index contributed by atoms with van der Waals surface area (Å²) in [5.41, 5.74) is 0.662. The van der Waals surface area contributed by atoms with Crippen molar-refractivity contribution in [1.29, 1.82) is 0 Å². The zero-order valence-corrected chi connectivity index (χ0v) is 22.4. The summed E-state index contributed by atoms with van der Waals surface area (Å²) in [6, 6.07) is 14.2. The van der Waals surface area contributed by atoms with Crippen molar-refractivity contribution in [3.63, 3.8) is 0 Å². The lowest BCUT2D eigenvalue weighted by Crippen LogP contribution is -2.67. The molecule has 5 rings (SSSR count). The number of carbonyl (C=O) groups is 1. The van der Waals surface area contributed by atoms with Gasteiger partial charge < -0.3 is 23.7 Å². The number of anilines is 1. The quantitative estimate of drug-likeness (QED) is 0.389. The average molecular weight is 539 g/mol. The number of nitrogens with zero attached hydrogens (tertiary/aromatic N) is 2. The first kappa shape index (κ1) is 25.6. The zero-order valence-electron chi connectivity index (χ0n) is 21.6. The molecule has 2 atom stereocenters. The number of ether oxygens (including phenoxy) is 5. The Balaban J connectivity index is 1.70. The molecule has 2 aliphatic rings. The fourth-order valence-electron chi connectivity index (χ4n) is 5.15. The third-order valence-electron chi connectivity index (χ3n) is 6.88. The minimum atomic E-state index is -0.979. The molecule has 0 N–H and O–H groups in total. The Morgan fingerprint density at radius 2 is 1.61 bits per heavy atom. The van der Waals surface area contributed by atoms with Gasteiger partial charge in [-0.1, -0.05) is 12.1 Å². The van der Waals surface area contributed by atoms with Crippen molar-refractivity contribution in [3.05, 3.63) is 71.5 Å². The van der Waals surface area contributed by atoms with E-state index in [1.807, 2.05) is 19.1 Å². The van der Waals surface area contributed by atoms with Gasteiger partial charge in [0.05, 0.1) is 34.5 Å². The average Bonchev–Trinajstić information content (AvgIpc) is 2.92. The number of methoxy groups -OCH3 is 4. The highest BCUT2D eigenvalue weighted by atomic mass is 32.1. The van der Waals surface area contributed by atoms with Gasteiger partial charge in [-0.05, 0) is 61.6 Å². The van der Waals surface area contributed by atoms with Gasteiger partial charge in [-0.3, -0.25) is 14.6 Å². The summed E-state index contributed by atoms with van der Waals surface area (Å²) in [7, 11) is 6.03. The smallest absolute Gasteiger partial charge is 0.260 e. The van der Waals surface area contributed by atoms with E-state index in [-0.39, 0.29) is 16.8 Å². The molecule has 2 aliphatic heterocycles. The largest absolute Gasteiger partial charge is 0.493 e. The first-order valence-corrected chi connectivity index (χ1v) is 12.3. The third kappa shape index (κ3) is 3.96. The Morgan fingerprint density at radius 1 is 0.974 bits per heavy atom. The van der Waals surface area contributed by atoms with Crippen LogP contribution in [0.2, 0.25) is 0 Å². The maximum Gasteiger partial charge on any atom is 0.260 e. The Bertz CT molecular complexity index is 1390. The molecule has 2 bridgehead atoms. The van der Waals surface area contributed by atoms with Crippen molar-refractivity contribution >= 4 is 28.9 Å². The number of hydrogen-bond acceptors (Lipinski definition) is 7. The van der Waals surface area contributed by atoms with Crippen molar-refractivity contribution < 1.29 is 32.9 Å². The molecule has 10 heteroatoms. The summed E-state index contributed by atoms with van der Waals surface area (Å²) in [5, 5.41) is 0.211. The molecule has 0 aliphatic carbocycles. The van der Waals surface area contributed by atoms with Crippen molar-refractivity contribution in [2.75, 3.05) is 33.3 Å². The monoisotopic (exact) mass is 538 g/mol. The van der Waals surface area contributed by atoms with Crippen LogP contribution in [0.4, 0.5) is 10.1 Å². The molecule has 0 spiro atoms. The zero-order chi connectivity index (χ0) is 27.2. The van der Waals surface area contributed by atoms with Crippen molar-refractivity contribution in [2.24, 2.45) is 0 Å².